The van der Waals surface area contributed by atoms with E-state index < -0.39 is 11.7 Å². The first-order valence-corrected chi connectivity index (χ1v) is 6.01. The van der Waals surface area contributed by atoms with Crippen molar-refractivity contribution in [1.29, 1.82) is 0 Å². The Morgan fingerprint density at radius 1 is 1.15 bits per heavy atom. The molecule has 0 saturated carbocycles. The number of rotatable bonds is 2. The van der Waals surface area contributed by atoms with Gasteiger partial charge in [-0.2, -0.15) is 0 Å². The van der Waals surface area contributed by atoms with Gasteiger partial charge < -0.3 is 15.4 Å². The van der Waals surface area contributed by atoms with E-state index in [1.807, 2.05) is 24.3 Å². The van der Waals surface area contributed by atoms with Crippen LogP contribution in [0.5, 0.6) is 5.75 Å². The highest BCUT2D eigenvalue weighted by Gasteiger charge is 2.12. The maximum atomic E-state index is 13.5. The first kappa shape index (κ1) is 12.2. The monoisotopic (exact) mass is 270 g/mol. The van der Waals surface area contributed by atoms with E-state index in [0.29, 0.717) is 5.69 Å². The summed E-state index contributed by atoms with van der Waals surface area (Å²) in [5.74, 6) is -1.31. The van der Waals surface area contributed by atoms with Crippen molar-refractivity contribution in [2.24, 2.45) is 0 Å². The number of carbonyl (C=O) groups is 1. The summed E-state index contributed by atoms with van der Waals surface area (Å²) in [7, 11) is 0. The van der Waals surface area contributed by atoms with Crippen LogP contribution in [0.2, 0.25) is 0 Å². The number of aromatic amines is 1. The molecule has 0 aliphatic carbocycles. The number of hydrogen-bond donors (Lipinski definition) is 3. The van der Waals surface area contributed by atoms with Gasteiger partial charge in [0, 0.05) is 17.0 Å². The Labute approximate surface area is 113 Å². The number of nitrogens with one attached hydrogen (secondary N) is 2. The number of hydrogen-bond acceptors (Lipinski definition) is 2. The van der Waals surface area contributed by atoms with E-state index in [2.05, 4.69) is 10.3 Å². The molecular weight excluding hydrogens is 259 g/mol. The Balaban J connectivity index is 1.89. The van der Waals surface area contributed by atoms with Crippen molar-refractivity contribution in [3.63, 3.8) is 0 Å². The highest BCUT2D eigenvalue weighted by atomic mass is 19.1. The third-order valence-corrected chi connectivity index (χ3v) is 2.98. The van der Waals surface area contributed by atoms with E-state index in [4.69, 9.17) is 5.11 Å². The van der Waals surface area contributed by atoms with Crippen LogP contribution in [0.25, 0.3) is 10.9 Å². The normalized spacial score (nSPS) is 10.7. The van der Waals surface area contributed by atoms with E-state index in [1.165, 1.54) is 12.1 Å². The molecule has 0 saturated heterocycles. The van der Waals surface area contributed by atoms with Crippen LogP contribution in [0.1, 0.15) is 10.5 Å². The number of H-pyrrole nitrogens is 1. The Hall–Kier alpha value is -2.82. The lowest BCUT2D eigenvalue weighted by molar-refractivity contribution is 0.102. The zero-order valence-electron chi connectivity index (χ0n) is 10.4. The molecule has 0 bridgehead atoms. The van der Waals surface area contributed by atoms with E-state index in [9.17, 15) is 9.18 Å². The maximum Gasteiger partial charge on any atom is 0.272 e. The Morgan fingerprint density at radius 3 is 2.70 bits per heavy atom. The predicted octanol–water partition coefficient (Wildman–Crippen LogP) is 3.26. The quantitative estimate of drug-likeness (QED) is 0.626. The second-order valence-corrected chi connectivity index (χ2v) is 4.39. The number of aromatic hydroxyl groups is 1. The van der Waals surface area contributed by atoms with Crippen molar-refractivity contribution in [2.45, 2.75) is 0 Å². The molecule has 4 nitrogen and oxygen atoms in total. The molecule has 0 spiro atoms. The van der Waals surface area contributed by atoms with Gasteiger partial charge in [-0.3, -0.25) is 4.79 Å². The summed E-state index contributed by atoms with van der Waals surface area (Å²) in [6.45, 7) is 0. The summed E-state index contributed by atoms with van der Waals surface area (Å²) in [6.07, 6.45) is 0. The van der Waals surface area contributed by atoms with Crippen molar-refractivity contribution >= 4 is 22.5 Å². The largest absolute Gasteiger partial charge is 0.508 e. The van der Waals surface area contributed by atoms with Crippen LogP contribution in [0, 0.1) is 5.82 Å². The molecule has 3 N–H and O–H groups in total. The summed E-state index contributed by atoms with van der Waals surface area (Å²) in [4.78, 5) is 15.0. The molecule has 0 aliphatic rings. The van der Waals surface area contributed by atoms with Crippen molar-refractivity contribution in [1.82, 2.24) is 4.98 Å². The Kier molecular flexibility index (Phi) is 2.87. The maximum absolute atomic E-state index is 13.5. The van der Waals surface area contributed by atoms with Gasteiger partial charge in [0.15, 0.2) is 0 Å². The number of carbonyl (C=O) groups excluding carboxylic acids is 1. The van der Waals surface area contributed by atoms with Crippen LogP contribution in [-0.4, -0.2) is 16.0 Å². The molecule has 100 valence electrons. The topological polar surface area (TPSA) is 65.1 Å². The molecule has 5 heteroatoms. The number of para-hydroxylation sites is 1. The molecule has 0 atom stereocenters. The second-order valence-electron chi connectivity index (χ2n) is 4.39. The smallest absolute Gasteiger partial charge is 0.272 e. The first-order chi connectivity index (χ1) is 9.63. The number of halogens is 1. The van der Waals surface area contributed by atoms with E-state index in [0.717, 1.165) is 17.0 Å². The SMILES string of the molecule is O=C(Nc1ccc(O)cc1F)c1cc2ccccc2[nH]1. The highest BCUT2D eigenvalue weighted by molar-refractivity contribution is 6.05. The molecular formula is C15H11FN2O2. The first-order valence-electron chi connectivity index (χ1n) is 6.01. The summed E-state index contributed by atoms with van der Waals surface area (Å²) in [6, 6.07) is 12.7. The third-order valence-electron chi connectivity index (χ3n) is 2.98. The van der Waals surface area contributed by atoms with Crippen LogP contribution in [-0.2, 0) is 0 Å². The predicted molar refractivity (Wildman–Crippen MR) is 74.3 cm³/mol. The van der Waals surface area contributed by atoms with Gasteiger partial charge in [0.1, 0.15) is 17.3 Å². The molecule has 0 aliphatic heterocycles. The van der Waals surface area contributed by atoms with Gasteiger partial charge in [0.05, 0.1) is 5.69 Å². The molecule has 1 aromatic heterocycles. The van der Waals surface area contributed by atoms with Crippen LogP contribution < -0.4 is 5.32 Å². The van der Waals surface area contributed by atoms with Gasteiger partial charge in [-0.05, 0) is 24.3 Å². The van der Waals surface area contributed by atoms with Crippen LogP contribution in [0.3, 0.4) is 0 Å². The van der Waals surface area contributed by atoms with Crippen LogP contribution >= 0.6 is 0 Å². The van der Waals surface area contributed by atoms with Gasteiger partial charge in [0.2, 0.25) is 0 Å². The van der Waals surface area contributed by atoms with Gasteiger partial charge in [0.25, 0.3) is 5.91 Å². The summed E-state index contributed by atoms with van der Waals surface area (Å²) < 4.78 is 13.5. The minimum Gasteiger partial charge on any atom is -0.508 e. The number of amides is 1. The lowest BCUT2D eigenvalue weighted by atomic mass is 10.2. The summed E-state index contributed by atoms with van der Waals surface area (Å²) >= 11 is 0. The van der Waals surface area contributed by atoms with E-state index >= 15 is 0 Å². The van der Waals surface area contributed by atoms with E-state index in [1.54, 1.807) is 6.07 Å². The molecule has 0 unspecified atom stereocenters. The van der Waals surface area contributed by atoms with Crippen LogP contribution in [0.15, 0.2) is 48.5 Å². The van der Waals surface area contributed by atoms with Crippen molar-refractivity contribution in [3.05, 3.63) is 60.0 Å². The fourth-order valence-corrected chi connectivity index (χ4v) is 1.99. The number of anilines is 1. The second kappa shape index (κ2) is 4.70. The lowest BCUT2D eigenvalue weighted by Crippen LogP contribution is -2.13. The molecule has 0 radical (unpaired) electrons. The third kappa shape index (κ3) is 2.21. The Bertz CT molecular complexity index is 762. The zero-order valence-corrected chi connectivity index (χ0v) is 10.4. The summed E-state index contributed by atoms with van der Waals surface area (Å²) in [5, 5.41) is 12.5. The van der Waals surface area contributed by atoms with E-state index in [-0.39, 0.29) is 11.4 Å². The molecule has 3 aromatic rings. The molecule has 1 heterocycles. The summed E-state index contributed by atoms with van der Waals surface area (Å²) in [5.41, 5.74) is 1.20. The molecule has 0 fully saturated rings. The average Bonchev–Trinajstić information content (AvgIpc) is 2.86. The number of phenolic OH excluding ortho intramolecular Hbond substituents is 1. The fourth-order valence-electron chi connectivity index (χ4n) is 1.99. The molecule has 2 aromatic carbocycles. The number of benzene rings is 2. The number of fused-ring (bicyclic) bond motifs is 1. The van der Waals surface area contributed by atoms with Gasteiger partial charge in [-0.1, -0.05) is 18.2 Å². The van der Waals surface area contributed by atoms with Gasteiger partial charge >= 0.3 is 0 Å². The number of aromatic nitrogens is 1. The number of phenols is 1. The molecule has 3 rings (SSSR count). The van der Waals surface area contributed by atoms with Crippen molar-refractivity contribution in [2.75, 3.05) is 5.32 Å². The molecule has 20 heavy (non-hydrogen) atoms. The van der Waals surface area contributed by atoms with Gasteiger partial charge in [-0.25, -0.2) is 4.39 Å². The minimum absolute atomic E-state index is 0.0199. The lowest BCUT2D eigenvalue weighted by Gasteiger charge is -2.05. The average molecular weight is 270 g/mol. The zero-order chi connectivity index (χ0) is 14.1. The van der Waals surface area contributed by atoms with Crippen LogP contribution in [0.4, 0.5) is 10.1 Å². The van der Waals surface area contributed by atoms with Gasteiger partial charge in [-0.15, -0.1) is 0 Å². The van der Waals surface area contributed by atoms with Crippen molar-refractivity contribution in [3.8, 4) is 5.75 Å². The standard InChI is InChI=1S/C15H11FN2O2/c16-11-8-10(19)5-6-13(11)18-15(20)14-7-9-3-1-2-4-12(9)17-14/h1-8,17,19H,(H,18,20). The minimum atomic E-state index is -0.686. The molecule has 1 amide bonds. The Morgan fingerprint density at radius 2 is 1.95 bits per heavy atom. The highest BCUT2D eigenvalue weighted by Crippen LogP contribution is 2.21. The van der Waals surface area contributed by atoms with Crippen molar-refractivity contribution < 1.29 is 14.3 Å². The fraction of sp³-hybridized carbons (Fsp3) is 0.